The molecule has 0 atom stereocenters. The Kier molecular flexibility index (Phi) is 5.98. The molecule has 1 rings (SSSR count). The third kappa shape index (κ3) is 4.83. The summed E-state index contributed by atoms with van der Waals surface area (Å²) in [5, 5.41) is 3.40. The van der Waals surface area contributed by atoms with Crippen molar-refractivity contribution in [2.24, 2.45) is 0 Å². The summed E-state index contributed by atoms with van der Waals surface area (Å²) in [4.78, 5) is 26.6. The zero-order chi connectivity index (χ0) is 15.3. The normalized spacial score (nSPS) is 10.5. The van der Waals surface area contributed by atoms with Gasteiger partial charge in [-0.2, -0.15) is 0 Å². The molecule has 0 heterocycles. The highest BCUT2D eigenvalue weighted by Gasteiger charge is 2.13. The molecule has 1 aromatic carbocycles. The van der Waals surface area contributed by atoms with Crippen LogP contribution in [-0.4, -0.2) is 55.8 Å². The molecule has 5 nitrogen and oxygen atoms in total. The fraction of sp³-hybridized carbons (Fsp3) is 0.429. The molecule has 0 saturated carbocycles. The number of carbonyl (C=O) groups is 2. The first-order valence-electron chi connectivity index (χ1n) is 6.25. The summed E-state index contributed by atoms with van der Waals surface area (Å²) in [6, 6.07) is 5.35. The number of amides is 2. The quantitative estimate of drug-likeness (QED) is 0.898. The number of anilines is 1. The number of nitrogens with zero attached hydrogens (tertiary/aromatic N) is 2. The minimum atomic E-state index is -0.176. The smallest absolute Gasteiger partial charge is 0.238 e. The van der Waals surface area contributed by atoms with E-state index >= 15 is 0 Å². The number of carbonyl (C=O) groups excluding carboxylic acids is 2. The first-order chi connectivity index (χ1) is 9.31. The largest absolute Gasteiger partial charge is 0.348 e. The molecule has 0 bridgehead atoms. The maximum atomic E-state index is 11.9. The first kappa shape index (κ1) is 16.5. The summed E-state index contributed by atoms with van der Waals surface area (Å²) in [5.74, 6) is -0.219. The number of hydrogen-bond donors (Lipinski definition) is 1. The Balaban J connectivity index is 2.55. The molecule has 2 amide bonds. The lowest BCUT2D eigenvalue weighted by Crippen LogP contribution is -2.38. The second-order valence-corrected chi connectivity index (χ2v) is 5.33. The number of rotatable bonds is 5. The van der Waals surface area contributed by atoms with E-state index in [1.54, 1.807) is 44.2 Å². The van der Waals surface area contributed by atoms with Gasteiger partial charge in [-0.3, -0.25) is 14.5 Å². The standard InChI is InChI=1S/C14H20ClN3O2/c1-10-11(15)6-5-7-12(10)16-13(19)8-18(4)9-14(20)17(2)3/h5-7H,8-9H2,1-4H3,(H,16,19). The third-order valence-corrected chi connectivity index (χ3v) is 3.27. The van der Waals surface area contributed by atoms with Crippen LogP contribution in [0.1, 0.15) is 5.56 Å². The van der Waals surface area contributed by atoms with Gasteiger partial charge in [-0.25, -0.2) is 0 Å². The van der Waals surface area contributed by atoms with Gasteiger partial charge < -0.3 is 10.2 Å². The van der Waals surface area contributed by atoms with Crippen LogP contribution in [-0.2, 0) is 9.59 Å². The molecular weight excluding hydrogens is 278 g/mol. The van der Waals surface area contributed by atoms with E-state index in [0.717, 1.165) is 5.56 Å². The van der Waals surface area contributed by atoms with Gasteiger partial charge in [-0.1, -0.05) is 17.7 Å². The van der Waals surface area contributed by atoms with Crippen LogP contribution in [0.3, 0.4) is 0 Å². The van der Waals surface area contributed by atoms with Gasteiger partial charge in [0.25, 0.3) is 0 Å². The number of nitrogens with one attached hydrogen (secondary N) is 1. The average molecular weight is 298 g/mol. The zero-order valence-electron chi connectivity index (χ0n) is 12.2. The molecule has 0 aromatic heterocycles. The number of likely N-dealkylation sites (N-methyl/N-ethyl adjacent to an activating group) is 2. The average Bonchev–Trinajstić information content (AvgIpc) is 2.34. The first-order valence-corrected chi connectivity index (χ1v) is 6.62. The van der Waals surface area contributed by atoms with E-state index in [-0.39, 0.29) is 24.9 Å². The van der Waals surface area contributed by atoms with Crippen molar-refractivity contribution in [3.05, 3.63) is 28.8 Å². The van der Waals surface area contributed by atoms with Crippen molar-refractivity contribution >= 4 is 29.1 Å². The fourth-order valence-electron chi connectivity index (χ4n) is 1.61. The van der Waals surface area contributed by atoms with Crippen LogP contribution in [0.25, 0.3) is 0 Å². The van der Waals surface area contributed by atoms with Gasteiger partial charge in [-0.15, -0.1) is 0 Å². The van der Waals surface area contributed by atoms with Crippen molar-refractivity contribution in [1.82, 2.24) is 9.80 Å². The minimum absolute atomic E-state index is 0.0424. The Morgan fingerprint density at radius 3 is 2.45 bits per heavy atom. The van der Waals surface area contributed by atoms with Crippen LogP contribution in [0.15, 0.2) is 18.2 Å². The molecule has 1 aromatic rings. The monoisotopic (exact) mass is 297 g/mol. The van der Waals surface area contributed by atoms with Crippen LogP contribution < -0.4 is 5.32 Å². The lowest BCUT2D eigenvalue weighted by molar-refractivity contribution is -0.130. The lowest BCUT2D eigenvalue weighted by atomic mass is 10.2. The van der Waals surface area contributed by atoms with Crippen LogP contribution in [0.2, 0.25) is 5.02 Å². The Morgan fingerprint density at radius 2 is 1.85 bits per heavy atom. The molecule has 0 fully saturated rings. The fourth-order valence-corrected chi connectivity index (χ4v) is 1.78. The molecule has 0 aliphatic heterocycles. The van der Waals surface area contributed by atoms with Crippen LogP contribution in [0, 0.1) is 6.92 Å². The van der Waals surface area contributed by atoms with Gasteiger partial charge >= 0.3 is 0 Å². The summed E-state index contributed by atoms with van der Waals surface area (Å²) in [6.07, 6.45) is 0. The van der Waals surface area contributed by atoms with Gasteiger partial charge in [0.15, 0.2) is 0 Å². The van der Waals surface area contributed by atoms with E-state index in [9.17, 15) is 9.59 Å². The van der Waals surface area contributed by atoms with Crippen LogP contribution in [0.4, 0.5) is 5.69 Å². The summed E-state index contributed by atoms with van der Waals surface area (Å²) >= 11 is 5.99. The highest BCUT2D eigenvalue weighted by atomic mass is 35.5. The van der Waals surface area contributed by atoms with Crippen LogP contribution in [0.5, 0.6) is 0 Å². The second-order valence-electron chi connectivity index (χ2n) is 4.92. The summed E-state index contributed by atoms with van der Waals surface area (Å²) < 4.78 is 0. The Bertz CT molecular complexity index is 503. The molecular formula is C14H20ClN3O2. The van der Waals surface area contributed by atoms with E-state index in [1.165, 1.54) is 4.90 Å². The minimum Gasteiger partial charge on any atom is -0.348 e. The zero-order valence-corrected chi connectivity index (χ0v) is 13.0. The van der Waals surface area contributed by atoms with Gasteiger partial charge in [0, 0.05) is 24.8 Å². The molecule has 0 aliphatic rings. The summed E-state index contributed by atoms with van der Waals surface area (Å²) in [5.41, 5.74) is 1.52. The topological polar surface area (TPSA) is 52.7 Å². The van der Waals surface area contributed by atoms with Crippen molar-refractivity contribution in [1.29, 1.82) is 0 Å². The van der Waals surface area contributed by atoms with Gasteiger partial charge in [0.1, 0.15) is 0 Å². The predicted molar refractivity (Wildman–Crippen MR) is 81.0 cm³/mol. The Hall–Kier alpha value is -1.59. The van der Waals surface area contributed by atoms with Crippen molar-refractivity contribution in [3.8, 4) is 0 Å². The maximum absolute atomic E-state index is 11.9. The predicted octanol–water partition coefficient (Wildman–Crippen LogP) is 1.61. The van der Waals surface area contributed by atoms with Crippen molar-refractivity contribution in [2.75, 3.05) is 39.5 Å². The molecule has 1 N–H and O–H groups in total. The second kappa shape index (κ2) is 7.26. The molecule has 110 valence electrons. The highest BCUT2D eigenvalue weighted by Crippen LogP contribution is 2.22. The van der Waals surface area contributed by atoms with Crippen molar-refractivity contribution in [3.63, 3.8) is 0 Å². The van der Waals surface area contributed by atoms with Gasteiger partial charge in [-0.05, 0) is 31.7 Å². The number of benzene rings is 1. The molecule has 0 radical (unpaired) electrons. The molecule has 0 aliphatic carbocycles. The van der Waals surface area contributed by atoms with Crippen LogP contribution >= 0.6 is 11.6 Å². The van der Waals surface area contributed by atoms with E-state index in [4.69, 9.17) is 11.6 Å². The molecule has 0 saturated heterocycles. The Labute approximate surface area is 124 Å². The van der Waals surface area contributed by atoms with Crippen molar-refractivity contribution < 1.29 is 9.59 Å². The third-order valence-electron chi connectivity index (χ3n) is 2.86. The van der Waals surface area contributed by atoms with Gasteiger partial charge in [0.05, 0.1) is 13.1 Å². The van der Waals surface area contributed by atoms with Crippen molar-refractivity contribution in [2.45, 2.75) is 6.92 Å². The highest BCUT2D eigenvalue weighted by molar-refractivity contribution is 6.31. The van der Waals surface area contributed by atoms with Gasteiger partial charge in [0.2, 0.25) is 11.8 Å². The van der Waals surface area contributed by atoms with E-state index in [1.807, 2.05) is 6.92 Å². The molecule has 0 spiro atoms. The summed E-state index contributed by atoms with van der Waals surface area (Å²) in [6.45, 7) is 2.19. The number of hydrogen-bond acceptors (Lipinski definition) is 3. The number of halogens is 1. The van der Waals surface area contributed by atoms with E-state index in [0.29, 0.717) is 10.7 Å². The maximum Gasteiger partial charge on any atom is 0.238 e. The molecule has 6 heteroatoms. The molecule has 0 unspecified atom stereocenters. The SMILES string of the molecule is Cc1c(Cl)cccc1NC(=O)CN(C)CC(=O)N(C)C. The molecule has 20 heavy (non-hydrogen) atoms. The summed E-state index contributed by atoms with van der Waals surface area (Å²) in [7, 11) is 5.10. The van der Waals surface area contributed by atoms with E-state index < -0.39 is 0 Å². The van der Waals surface area contributed by atoms with E-state index in [2.05, 4.69) is 5.32 Å². The Morgan fingerprint density at radius 1 is 1.20 bits per heavy atom. The lowest BCUT2D eigenvalue weighted by Gasteiger charge is -2.18.